The zero-order chi connectivity index (χ0) is 13.5. The van der Waals surface area contributed by atoms with Crippen molar-refractivity contribution in [1.29, 1.82) is 0 Å². The van der Waals surface area contributed by atoms with Crippen LogP contribution in [0.25, 0.3) is 0 Å². The minimum absolute atomic E-state index is 0.366. The number of nitrogens with one attached hydrogen (secondary N) is 3. The van der Waals surface area contributed by atoms with E-state index in [-0.39, 0.29) is 5.54 Å². The molecule has 6 nitrogen and oxygen atoms in total. The highest BCUT2D eigenvalue weighted by Gasteiger charge is 2.21. The van der Waals surface area contributed by atoms with Crippen molar-refractivity contribution in [1.82, 2.24) is 16.1 Å². The minimum atomic E-state index is -0.706. The second-order valence-electron chi connectivity index (χ2n) is 5.02. The van der Waals surface area contributed by atoms with Crippen LogP contribution in [0, 0.1) is 0 Å². The quantitative estimate of drug-likeness (QED) is 0.432. The fraction of sp³-hybridized carbons (Fsp3) is 0.818. The average molecular weight is 245 g/mol. The lowest BCUT2D eigenvalue weighted by Crippen LogP contribution is -2.53. The summed E-state index contributed by atoms with van der Waals surface area (Å²) in [4.78, 5) is 22.9. The zero-order valence-corrected chi connectivity index (χ0v) is 11.0. The third-order valence-corrected chi connectivity index (χ3v) is 2.07. The lowest BCUT2D eigenvalue weighted by Gasteiger charge is -2.23. The number of hydrogen-bond donors (Lipinski definition) is 4. The summed E-state index contributed by atoms with van der Waals surface area (Å²) in [5.41, 5.74) is 1.19. The minimum Gasteiger partial charge on any atom is -0.334 e. The number of urea groups is 1. The Labute approximate surface area is 102 Å². The van der Waals surface area contributed by atoms with Gasteiger partial charge in [-0.05, 0) is 27.2 Å². The van der Waals surface area contributed by atoms with E-state index in [0.29, 0.717) is 6.42 Å². The number of amides is 3. The van der Waals surface area contributed by atoms with Crippen molar-refractivity contribution in [3.63, 3.8) is 0 Å². The fourth-order valence-electron chi connectivity index (χ4n) is 1.29. The van der Waals surface area contributed by atoms with E-state index in [0.717, 1.165) is 12.8 Å². The highest BCUT2D eigenvalue weighted by atomic mass is 16.5. The molecule has 0 bridgehead atoms. The third kappa shape index (κ3) is 7.57. The summed E-state index contributed by atoms with van der Waals surface area (Å²) in [6.07, 6.45) is 2.21. The van der Waals surface area contributed by atoms with Gasteiger partial charge in [0.05, 0.1) is 0 Å². The van der Waals surface area contributed by atoms with Gasteiger partial charge in [-0.3, -0.25) is 10.0 Å². The molecule has 4 N–H and O–H groups in total. The van der Waals surface area contributed by atoms with Gasteiger partial charge in [-0.25, -0.2) is 10.3 Å². The molecule has 0 saturated heterocycles. The first-order valence-corrected chi connectivity index (χ1v) is 5.82. The second kappa shape index (κ2) is 7.11. The molecular weight excluding hydrogens is 222 g/mol. The summed E-state index contributed by atoms with van der Waals surface area (Å²) in [6.45, 7) is 7.53. The van der Waals surface area contributed by atoms with Gasteiger partial charge < -0.3 is 10.6 Å². The molecule has 17 heavy (non-hydrogen) atoms. The lowest BCUT2D eigenvalue weighted by molar-refractivity contribution is -0.131. The topological polar surface area (TPSA) is 90.5 Å². The Morgan fingerprint density at radius 2 is 1.88 bits per heavy atom. The number of hydrogen-bond acceptors (Lipinski definition) is 3. The van der Waals surface area contributed by atoms with E-state index in [1.54, 1.807) is 5.48 Å². The fourth-order valence-corrected chi connectivity index (χ4v) is 1.29. The molecule has 0 rings (SSSR count). The van der Waals surface area contributed by atoms with Gasteiger partial charge >= 0.3 is 6.03 Å². The first-order valence-electron chi connectivity index (χ1n) is 5.82. The molecule has 0 aliphatic rings. The number of carbonyl (C=O) groups excluding carboxylic acids is 2. The van der Waals surface area contributed by atoms with E-state index in [4.69, 9.17) is 5.21 Å². The zero-order valence-electron chi connectivity index (χ0n) is 11.0. The van der Waals surface area contributed by atoms with Crippen molar-refractivity contribution in [2.75, 3.05) is 0 Å². The van der Waals surface area contributed by atoms with E-state index >= 15 is 0 Å². The maximum absolute atomic E-state index is 11.6. The van der Waals surface area contributed by atoms with Gasteiger partial charge in [0, 0.05) is 5.54 Å². The number of hydroxylamine groups is 1. The molecule has 0 aliphatic heterocycles. The molecule has 0 unspecified atom stereocenters. The largest absolute Gasteiger partial charge is 0.334 e. The van der Waals surface area contributed by atoms with E-state index in [9.17, 15) is 9.59 Å². The van der Waals surface area contributed by atoms with Gasteiger partial charge in [-0.15, -0.1) is 0 Å². The Balaban J connectivity index is 4.32. The smallest absolute Gasteiger partial charge is 0.315 e. The van der Waals surface area contributed by atoms with Crippen molar-refractivity contribution in [3.05, 3.63) is 0 Å². The Morgan fingerprint density at radius 1 is 1.29 bits per heavy atom. The van der Waals surface area contributed by atoms with E-state index in [2.05, 4.69) is 10.6 Å². The number of unbranched alkanes of at least 4 members (excludes halogenated alkanes) is 1. The lowest BCUT2D eigenvalue weighted by atomic mass is 10.1. The molecule has 0 spiro atoms. The molecule has 0 radical (unpaired) electrons. The summed E-state index contributed by atoms with van der Waals surface area (Å²) >= 11 is 0. The molecule has 0 fully saturated rings. The van der Waals surface area contributed by atoms with Crippen LogP contribution in [0.2, 0.25) is 0 Å². The van der Waals surface area contributed by atoms with Crippen LogP contribution < -0.4 is 16.1 Å². The van der Waals surface area contributed by atoms with E-state index < -0.39 is 18.0 Å². The second-order valence-corrected chi connectivity index (χ2v) is 5.02. The summed E-state index contributed by atoms with van der Waals surface area (Å²) in [5, 5.41) is 13.8. The maximum atomic E-state index is 11.6. The average Bonchev–Trinajstić information content (AvgIpc) is 2.20. The predicted octanol–water partition coefficient (Wildman–Crippen LogP) is 1.15. The molecular formula is C11H23N3O3. The number of carbonyl (C=O) groups is 2. The SMILES string of the molecule is CCCC[C@H](NC(=O)NC(C)(C)C)C(=O)NO. The molecule has 0 heterocycles. The van der Waals surface area contributed by atoms with Gasteiger partial charge in [0.1, 0.15) is 6.04 Å². The van der Waals surface area contributed by atoms with Crippen molar-refractivity contribution < 1.29 is 14.8 Å². The van der Waals surface area contributed by atoms with Crippen LogP contribution in [0.1, 0.15) is 47.0 Å². The molecule has 0 aromatic heterocycles. The first-order chi connectivity index (χ1) is 7.80. The van der Waals surface area contributed by atoms with Crippen LogP contribution in [0.3, 0.4) is 0 Å². The monoisotopic (exact) mass is 245 g/mol. The van der Waals surface area contributed by atoms with E-state index in [1.165, 1.54) is 0 Å². The van der Waals surface area contributed by atoms with Crippen molar-refractivity contribution in [2.45, 2.75) is 58.5 Å². The first kappa shape index (κ1) is 15.7. The van der Waals surface area contributed by atoms with Gasteiger partial charge in [0.25, 0.3) is 5.91 Å². The van der Waals surface area contributed by atoms with Crippen molar-refractivity contribution in [3.8, 4) is 0 Å². The molecule has 0 aliphatic carbocycles. The Bertz CT molecular complexity index is 261. The maximum Gasteiger partial charge on any atom is 0.315 e. The summed E-state index contributed by atoms with van der Waals surface area (Å²) in [6, 6.07) is -1.12. The van der Waals surface area contributed by atoms with Crippen molar-refractivity contribution in [2.24, 2.45) is 0 Å². The van der Waals surface area contributed by atoms with E-state index in [1.807, 2.05) is 27.7 Å². The van der Waals surface area contributed by atoms with Crippen LogP contribution in [0.15, 0.2) is 0 Å². The standard InChI is InChI=1S/C11H23N3O3/c1-5-6-7-8(9(15)14-17)12-10(16)13-11(2,3)4/h8,17H,5-7H2,1-4H3,(H,14,15)(H2,12,13,16)/t8-/m0/s1. The van der Waals surface area contributed by atoms with Gasteiger partial charge in [0.2, 0.25) is 0 Å². The van der Waals surface area contributed by atoms with Gasteiger partial charge in [-0.1, -0.05) is 19.8 Å². The highest BCUT2D eigenvalue weighted by molar-refractivity contribution is 5.86. The summed E-state index contributed by atoms with van der Waals surface area (Å²) in [5.74, 6) is -0.595. The molecule has 3 amide bonds. The normalized spacial score (nSPS) is 12.8. The summed E-state index contributed by atoms with van der Waals surface area (Å²) < 4.78 is 0. The van der Waals surface area contributed by atoms with Gasteiger partial charge in [0.15, 0.2) is 0 Å². The number of rotatable bonds is 5. The van der Waals surface area contributed by atoms with Crippen LogP contribution in [0.4, 0.5) is 4.79 Å². The van der Waals surface area contributed by atoms with Crippen LogP contribution >= 0.6 is 0 Å². The van der Waals surface area contributed by atoms with Crippen molar-refractivity contribution >= 4 is 11.9 Å². The molecule has 0 aromatic rings. The molecule has 0 saturated carbocycles. The van der Waals surface area contributed by atoms with Crippen LogP contribution in [-0.4, -0.2) is 28.7 Å². The summed E-state index contributed by atoms with van der Waals surface area (Å²) in [7, 11) is 0. The third-order valence-electron chi connectivity index (χ3n) is 2.07. The van der Waals surface area contributed by atoms with Crippen LogP contribution in [0.5, 0.6) is 0 Å². The van der Waals surface area contributed by atoms with Crippen LogP contribution in [-0.2, 0) is 4.79 Å². The molecule has 1 atom stereocenters. The highest BCUT2D eigenvalue weighted by Crippen LogP contribution is 2.02. The molecule has 6 heteroatoms. The van der Waals surface area contributed by atoms with Gasteiger partial charge in [-0.2, -0.15) is 0 Å². The molecule has 100 valence electrons. The predicted molar refractivity (Wildman–Crippen MR) is 64.7 cm³/mol. The molecule has 0 aromatic carbocycles. The Hall–Kier alpha value is -1.30. The Morgan fingerprint density at radius 3 is 2.29 bits per heavy atom. The Kier molecular flexibility index (Phi) is 6.57.